The van der Waals surface area contributed by atoms with E-state index in [2.05, 4.69) is 12.2 Å². The third kappa shape index (κ3) is 3.59. The Kier molecular flexibility index (Phi) is 3.48. The van der Waals surface area contributed by atoms with Gasteiger partial charge in [0.25, 0.3) is 0 Å². The van der Waals surface area contributed by atoms with Gasteiger partial charge in [0, 0.05) is 19.2 Å². The maximum Gasteiger partial charge on any atom is 0.328 e. The first kappa shape index (κ1) is 10.3. The van der Waals surface area contributed by atoms with Crippen LogP contribution in [0.2, 0.25) is 0 Å². The third-order valence-electron chi connectivity index (χ3n) is 2.64. The van der Waals surface area contributed by atoms with Crippen LogP contribution in [-0.4, -0.2) is 24.2 Å². The van der Waals surface area contributed by atoms with Gasteiger partial charge >= 0.3 is 5.97 Å². The van der Waals surface area contributed by atoms with E-state index in [1.165, 1.54) is 25.3 Å². The van der Waals surface area contributed by atoms with Gasteiger partial charge in [-0.15, -0.1) is 0 Å². The lowest BCUT2D eigenvalue weighted by Crippen LogP contribution is -2.37. The van der Waals surface area contributed by atoms with Crippen LogP contribution in [0.15, 0.2) is 12.2 Å². The number of carbonyl (C=O) groups is 1. The second kappa shape index (κ2) is 4.42. The van der Waals surface area contributed by atoms with Gasteiger partial charge in [-0.1, -0.05) is 19.4 Å². The van der Waals surface area contributed by atoms with E-state index < -0.39 is 5.97 Å². The summed E-state index contributed by atoms with van der Waals surface area (Å²) in [6, 6.07) is 0. The van der Waals surface area contributed by atoms with Crippen molar-refractivity contribution in [2.75, 3.05) is 13.1 Å². The molecule has 0 spiro atoms. The summed E-state index contributed by atoms with van der Waals surface area (Å²) < 4.78 is 0. The summed E-state index contributed by atoms with van der Waals surface area (Å²) >= 11 is 0. The molecule has 0 aromatic carbocycles. The van der Waals surface area contributed by atoms with Gasteiger partial charge in [-0.05, 0) is 18.3 Å². The molecular weight excluding hydrogens is 166 g/mol. The van der Waals surface area contributed by atoms with E-state index in [4.69, 9.17) is 5.11 Å². The summed E-state index contributed by atoms with van der Waals surface area (Å²) in [6.07, 6.45) is 6.74. The monoisotopic (exact) mass is 183 g/mol. The van der Waals surface area contributed by atoms with Crippen LogP contribution in [0.25, 0.3) is 0 Å². The van der Waals surface area contributed by atoms with Gasteiger partial charge in [-0.2, -0.15) is 0 Å². The normalized spacial score (nSPS) is 20.1. The summed E-state index contributed by atoms with van der Waals surface area (Å²) in [4.78, 5) is 10.1. The van der Waals surface area contributed by atoms with Crippen molar-refractivity contribution >= 4 is 5.97 Å². The van der Waals surface area contributed by atoms with Crippen molar-refractivity contribution in [1.29, 1.82) is 0 Å². The zero-order chi connectivity index (χ0) is 9.73. The molecular formula is C10H17NO2. The minimum absolute atomic E-state index is 0.469. The van der Waals surface area contributed by atoms with E-state index in [0.717, 1.165) is 6.54 Å². The van der Waals surface area contributed by atoms with Gasteiger partial charge < -0.3 is 10.4 Å². The van der Waals surface area contributed by atoms with E-state index in [0.29, 0.717) is 12.0 Å². The van der Waals surface area contributed by atoms with Crippen molar-refractivity contribution in [2.45, 2.75) is 26.2 Å². The molecule has 0 bridgehead atoms. The molecule has 0 amide bonds. The number of hydrogen-bond donors (Lipinski definition) is 2. The first-order chi connectivity index (χ1) is 6.12. The molecule has 0 aromatic rings. The average molecular weight is 183 g/mol. The Labute approximate surface area is 78.8 Å². The zero-order valence-electron chi connectivity index (χ0n) is 8.05. The van der Waals surface area contributed by atoms with E-state index >= 15 is 0 Å². The number of hydrogen-bond acceptors (Lipinski definition) is 2. The fourth-order valence-electron chi connectivity index (χ4n) is 1.57. The molecule has 0 saturated heterocycles. The van der Waals surface area contributed by atoms with Crippen LogP contribution >= 0.6 is 0 Å². The number of rotatable bonds is 5. The van der Waals surface area contributed by atoms with Crippen molar-refractivity contribution in [1.82, 2.24) is 5.32 Å². The molecule has 0 radical (unpaired) electrons. The van der Waals surface area contributed by atoms with Crippen molar-refractivity contribution in [3.8, 4) is 0 Å². The fourth-order valence-corrected chi connectivity index (χ4v) is 1.57. The number of nitrogens with one attached hydrogen (secondary N) is 1. The highest BCUT2D eigenvalue weighted by Gasteiger charge is 2.30. The van der Waals surface area contributed by atoms with Gasteiger partial charge in [-0.3, -0.25) is 0 Å². The van der Waals surface area contributed by atoms with Gasteiger partial charge in [0.1, 0.15) is 0 Å². The van der Waals surface area contributed by atoms with Crippen LogP contribution in [0.4, 0.5) is 0 Å². The van der Waals surface area contributed by atoms with Crippen LogP contribution in [0, 0.1) is 5.41 Å². The summed E-state index contributed by atoms with van der Waals surface area (Å²) in [7, 11) is 0. The summed E-state index contributed by atoms with van der Waals surface area (Å²) in [5.41, 5.74) is 0.469. The fraction of sp³-hybridized carbons (Fsp3) is 0.700. The third-order valence-corrected chi connectivity index (χ3v) is 2.64. The number of aliphatic carboxylic acids is 1. The molecule has 3 heteroatoms. The molecule has 13 heavy (non-hydrogen) atoms. The Morgan fingerprint density at radius 3 is 2.77 bits per heavy atom. The molecule has 1 aliphatic rings. The van der Waals surface area contributed by atoms with Crippen LogP contribution in [0.1, 0.15) is 26.2 Å². The van der Waals surface area contributed by atoms with E-state index in [-0.39, 0.29) is 0 Å². The maximum absolute atomic E-state index is 10.1. The molecule has 0 atom stereocenters. The first-order valence-electron chi connectivity index (χ1n) is 4.73. The van der Waals surface area contributed by atoms with Crippen molar-refractivity contribution < 1.29 is 9.90 Å². The molecule has 0 unspecified atom stereocenters. The molecule has 1 fully saturated rings. The second-order valence-electron chi connectivity index (χ2n) is 4.04. The first-order valence-corrected chi connectivity index (χ1v) is 4.73. The van der Waals surface area contributed by atoms with E-state index in [1.807, 2.05) is 0 Å². The molecule has 0 heterocycles. The molecule has 1 rings (SSSR count). The Hall–Kier alpha value is -0.830. The lowest BCUT2D eigenvalue weighted by Gasteiger charge is -2.38. The van der Waals surface area contributed by atoms with Gasteiger partial charge in [0.15, 0.2) is 0 Å². The summed E-state index contributed by atoms with van der Waals surface area (Å²) in [6.45, 7) is 3.92. The summed E-state index contributed by atoms with van der Waals surface area (Å²) in [5.74, 6) is -0.878. The van der Waals surface area contributed by atoms with Crippen LogP contribution in [0.5, 0.6) is 0 Å². The van der Waals surface area contributed by atoms with Crippen molar-refractivity contribution in [3.63, 3.8) is 0 Å². The number of carboxylic acids is 1. The highest BCUT2D eigenvalue weighted by molar-refractivity contribution is 5.79. The predicted octanol–water partition coefficient (Wildman–Crippen LogP) is 1.41. The maximum atomic E-state index is 10.1. The lowest BCUT2D eigenvalue weighted by molar-refractivity contribution is -0.131. The smallest absolute Gasteiger partial charge is 0.328 e. The standard InChI is InChI=1S/C10H17NO2/c1-10(5-3-6-10)8-11-7-2-4-9(12)13/h2,4,11H,3,5-8H2,1H3,(H,12,13)/b4-2+. The molecule has 74 valence electrons. The Bertz CT molecular complexity index is 207. The second-order valence-corrected chi connectivity index (χ2v) is 4.04. The average Bonchev–Trinajstić information content (AvgIpc) is 2.00. The van der Waals surface area contributed by atoms with Crippen molar-refractivity contribution in [3.05, 3.63) is 12.2 Å². The number of carboxylic acid groups (broad SMARTS) is 1. The van der Waals surface area contributed by atoms with Crippen LogP contribution in [-0.2, 0) is 4.79 Å². The molecule has 3 nitrogen and oxygen atoms in total. The largest absolute Gasteiger partial charge is 0.478 e. The van der Waals surface area contributed by atoms with Gasteiger partial charge in [-0.25, -0.2) is 4.79 Å². The van der Waals surface area contributed by atoms with E-state index in [9.17, 15) is 4.79 Å². The van der Waals surface area contributed by atoms with Crippen LogP contribution < -0.4 is 5.32 Å². The topological polar surface area (TPSA) is 49.3 Å². The quantitative estimate of drug-likeness (QED) is 0.500. The minimum atomic E-state index is -0.878. The minimum Gasteiger partial charge on any atom is -0.478 e. The molecule has 0 aromatic heterocycles. The molecule has 2 N–H and O–H groups in total. The Morgan fingerprint density at radius 2 is 2.31 bits per heavy atom. The highest BCUT2D eigenvalue weighted by Crippen LogP contribution is 2.39. The molecule has 1 aliphatic carbocycles. The summed E-state index contributed by atoms with van der Waals surface area (Å²) in [5, 5.41) is 11.5. The zero-order valence-corrected chi connectivity index (χ0v) is 8.05. The SMILES string of the molecule is CC1(CNC/C=C/C(=O)O)CCC1. The molecule has 0 aliphatic heterocycles. The van der Waals surface area contributed by atoms with Gasteiger partial charge in [0.05, 0.1) is 0 Å². The lowest BCUT2D eigenvalue weighted by atomic mass is 9.70. The Balaban J connectivity index is 2.04. The van der Waals surface area contributed by atoms with Crippen LogP contribution in [0.3, 0.4) is 0 Å². The van der Waals surface area contributed by atoms with Gasteiger partial charge in [0.2, 0.25) is 0 Å². The molecule has 1 saturated carbocycles. The highest BCUT2D eigenvalue weighted by atomic mass is 16.4. The van der Waals surface area contributed by atoms with Crippen molar-refractivity contribution in [2.24, 2.45) is 5.41 Å². The predicted molar refractivity (Wildman–Crippen MR) is 51.6 cm³/mol. The Morgan fingerprint density at radius 1 is 1.62 bits per heavy atom. The van der Waals surface area contributed by atoms with E-state index in [1.54, 1.807) is 6.08 Å².